The van der Waals surface area contributed by atoms with Gasteiger partial charge >= 0.3 is 0 Å². The Balaban J connectivity index is 1.78. The zero-order valence-corrected chi connectivity index (χ0v) is 12.0. The molecule has 3 nitrogen and oxygen atoms in total. The third-order valence-corrected chi connectivity index (χ3v) is 3.93. The maximum absolute atomic E-state index is 9.82. The van der Waals surface area contributed by atoms with E-state index in [-0.39, 0.29) is 6.10 Å². The molecule has 2 unspecified atom stereocenters. The van der Waals surface area contributed by atoms with Crippen molar-refractivity contribution in [2.75, 3.05) is 20.1 Å². The van der Waals surface area contributed by atoms with Gasteiger partial charge in [-0.2, -0.15) is 5.26 Å². The molecule has 1 aliphatic carbocycles. The minimum absolute atomic E-state index is 0.111. The lowest BCUT2D eigenvalue weighted by molar-refractivity contribution is 0.112. The van der Waals surface area contributed by atoms with Crippen molar-refractivity contribution in [3.63, 3.8) is 0 Å². The average Bonchev–Trinajstić information content (AvgIpc) is 2.85. The molecule has 1 aliphatic rings. The topological polar surface area (TPSA) is 47.3 Å². The first kappa shape index (κ1) is 14.8. The zero-order chi connectivity index (χ0) is 14.4. The Labute approximate surface area is 121 Å². The van der Waals surface area contributed by atoms with Gasteiger partial charge in [0, 0.05) is 13.1 Å². The number of rotatable bonds is 5. The summed E-state index contributed by atoms with van der Waals surface area (Å²) in [4.78, 5) is 2.25. The Morgan fingerprint density at radius 2 is 2.10 bits per heavy atom. The average molecular weight is 270 g/mol. The first-order chi connectivity index (χ1) is 9.69. The van der Waals surface area contributed by atoms with Crippen molar-refractivity contribution in [2.45, 2.75) is 25.4 Å². The van der Waals surface area contributed by atoms with Crippen molar-refractivity contribution in [3.8, 4) is 6.07 Å². The quantitative estimate of drug-likeness (QED) is 0.894. The highest BCUT2D eigenvalue weighted by molar-refractivity contribution is 5.51. The van der Waals surface area contributed by atoms with E-state index in [1.54, 1.807) is 0 Å². The molecule has 1 saturated carbocycles. The number of nitrogens with zero attached hydrogens (tertiary/aromatic N) is 2. The van der Waals surface area contributed by atoms with Crippen LogP contribution in [-0.4, -0.2) is 36.2 Å². The Bertz CT molecular complexity index is 487. The molecule has 1 aromatic rings. The van der Waals surface area contributed by atoms with Gasteiger partial charge in [-0.15, -0.1) is 0 Å². The number of hydrogen-bond donors (Lipinski definition) is 1. The Hall–Kier alpha value is -1.63. The second-order valence-electron chi connectivity index (χ2n) is 5.62. The van der Waals surface area contributed by atoms with Gasteiger partial charge in [-0.05, 0) is 43.5 Å². The first-order valence-corrected chi connectivity index (χ1v) is 7.22. The molecule has 0 aromatic heterocycles. The van der Waals surface area contributed by atoms with Crippen LogP contribution in [0.25, 0.3) is 6.08 Å². The van der Waals surface area contributed by atoms with Gasteiger partial charge < -0.3 is 10.0 Å². The summed E-state index contributed by atoms with van der Waals surface area (Å²) in [6.45, 7) is 1.84. The lowest BCUT2D eigenvalue weighted by Crippen LogP contribution is -2.29. The fourth-order valence-corrected chi connectivity index (χ4v) is 2.74. The highest BCUT2D eigenvalue weighted by Crippen LogP contribution is 2.25. The minimum atomic E-state index is -0.111. The van der Waals surface area contributed by atoms with Crippen molar-refractivity contribution >= 4 is 6.08 Å². The molecule has 0 spiro atoms. The molecular weight excluding hydrogens is 248 g/mol. The normalized spacial score (nSPS) is 22.5. The predicted octanol–water partition coefficient (Wildman–Crippen LogP) is 2.66. The van der Waals surface area contributed by atoms with Crippen LogP contribution in [0.3, 0.4) is 0 Å². The molecule has 0 saturated heterocycles. The molecule has 0 aliphatic heterocycles. The molecule has 0 heterocycles. The fraction of sp³-hybridized carbons (Fsp3) is 0.471. The van der Waals surface area contributed by atoms with Crippen LogP contribution in [0.15, 0.2) is 30.3 Å². The molecule has 106 valence electrons. The smallest absolute Gasteiger partial charge is 0.0991 e. The maximum Gasteiger partial charge on any atom is 0.0991 e. The molecule has 1 aromatic carbocycles. The van der Waals surface area contributed by atoms with Crippen LogP contribution in [0.1, 0.15) is 30.4 Å². The van der Waals surface area contributed by atoms with E-state index in [0.29, 0.717) is 11.5 Å². The third-order valence-electron chi connectivity index (χ3n) is 3.93. The summed E-state index contributed by atoms with van der Waals surface area (Å²) in [6, 6.07) is 9.69. The number of aliphatic hydroxyl groups excluding tert-OH is 1. The van der Waals surface area contributed by atoms with Crippen molar-refractivity contribution < 1.29 is 5.11 Å². The van der Waals surface area contributed by atoms with Gasteiger partial charge in [-0.3, -0.25) is 0 Å². The number of hydrogen-bond acceptors (Lipinski definition) is 3. The molecule has 2 rings (SSSR count). The summed E-state index contributed by atoms with van der Waals surface area (Å²) in [5.41, 5.74) is 1.80. The van der Waals surface area contributed by atoms with Crippen LogP contribution in [0.2, 0.25) is 0 Å². The largest absolute Gasteiger partial charge is 0.393 e. The monoisotopic (exact) mass is 270 g/mol. The number of benzene rings is 1. The van der Waals surface area contributed by atoms with Gasteiger partial charge in [0.25, 0.3) is 0 Å². The van der Waals surface area contributed by atoms with Gasteiger partial charge in [-0.25, -0.2) is 0 Å². The SMILES string of the molecule is CN(C/C=C/c1ccc(C#N)cc1)CC1CCCC1O. The van der Waals surface area contributed by atoms with Gasteiger partial charge in [0.15, 0.2) is 0 Å². The molecule has 0 radical (unpaired) electrons. The predicted molar refractivity (Wildman–Crippen MR) is 81.0 cm³/mol. The lowest BCUT2D eigenvalue weighted by Gasteiger charge is -2.21. The summed E-state index contributed by atoms with van der Waals surface area (Å²) >= 11 is 0. The molecule has 0 amide bonds. The van der Waals surface area contributed by atoms with Crippen LogP contribution in [0.5, 0.6) is 0 Å². The van der Waals surface area contributed by atoms with Crippen molar-refractivity contribution in [1.82, 2.24) is 4.90 Å². The van der Waals surface area contributed by atoms with Gasteiger partial charge in [0.2, 0.25) is 0 Å². The first-order valence-electron chi connectivity index (χ1n) is 7.22. The fourth-order valence-electron chi connectivity index (χ4n) is 2.74. The maximum atomic E-state index is 9.82. The van der Waals surface area contributed by atoms with E-state index in [9.17, 15) is 5.11 Å². The van der Waals surface area contributed by atoms with E-state index in [4.69, 9.17) is 5.26 Å². The second kappa shape index (κ2) is 7.23. The Kier molecular flexibility index (Phi) is 5.34. The molecule has 0 bridgehead atoms. The highest BCUT2D eigenvalue weighted by atomic mass is 16.3. The summed E-state index contributed by atoms with van der Waals surface area (Å²) in [5, 5.41) is 18.6. The van der Waals surface area contributed by atoms with Crippen molar-refractivity contribution in [2.24, 2.45) is 5.92 Å². The van der Waals surface area contributed by atoms with Crippen LogP contribution >= 0.6 is 0 Å². The zero-order valence-electron chi connectivity index (χ0n) is 12.0. The molecule has 3 heteroatoms. The molecule has 1 N–H and O–H groups in total. The molecule has 2 atom stereocenters. The summed E-state index contributed by atoms with van der Waals surface area (Å²) in [7, 11) is 2.09. The number of nitriles is 1. The summed E-state index contributed by atoms with van der Waals surface area (Å²) in [5.74, 6) is 0.434. The van der Waals surface area contributed by atoms with Crippen LogP contribution < -0.4 is 0 Å². The molecule has 1 fully saturated rings. The summed E-state index contributed by atoms with van der Waals surface area (Å²) < 4.78 is 0. The van der Waals surface area contributed by atoms with E-state index in [2.05, 4.69) is 30.2 Å². The van der Waals surface area contributed by atoms with Gasteiger partial charge in [-0.1, -0.05) is 30.7 Å². The highest BCUT2D eigenvalue weighted by Gasteiger charge is 2.25. The van der Waals surface area contributed by atoms with E-state index in [1.807, 2.05) is 24.3 Å². The standard InChI is InChI=1S/C17H22N2O/c1-19(13-16-5-2-6-17(16)20)11-3-4-14-7-9-15(12-18)10-8-14/h3-4,7-10,16-17,20H,2,5-6,11,13H2,1H3/b4-3+. The number of aliphatic hydroxyl groups is 1. The van der Waals surface area contributed by atoms with E-state index < -0.39 is 0 Å². The van der Waals surface area contributed by atoms with E-state index in [0.717, 1.165) is 37.9 Å². The lowest BCUT2D eigenvalue weighted by atomic mass is 10.1. The van der Waals surface area contributed by atoms with Crippen LogP contribution in [0.4, 0.5) is 0 Å². The third kappa shape index (κ3) is 4.19. The Morgan fingerprint density at radius 3 is 2.70 bits per heavy atom. The second-order valence-corrected chi connectivity index (χ2v) is 5.62. The van der Waals surface area contributed by atoms with Crippen molar-refractivity contribution in [3.05, 3.63) is 41.5 Å². The van der Waals surface area contributed by atoms with Gasteiger partial charge in [0.05, 0.1) is 17.7 Å². The van der Waals surface area contributed by atoms with Crippen LogP contribution in [0, 0.1) is 17.2 Å². The van der Waals surface area contributed by atoms with Crippen molar-refractivity contribution in [1.29, 1.82) is 5.26 Å². The minimum Gasteiger partial charge on any atom is -0.393 e. The van der Waals surface area contributed by atoms with Gasteiger partial charge in [0.1, 0.15) is 0 Å². The van der Waals surface area contributed by atoms with Crippen LogP contribution in [-0.2, 0) is 0 Å². The van der Waals surface area contributed by atoms with E-state index >= 15 is 0 Å². The molecule has 20 heavy (non-hydrogen) atoms. The number of likely N-dealkylation sites (N-methyl/N-ethyl adjacent to an activating group) is 1. The van der Waals surface area contributed by atoms with E-state index in [1.165, 1.54) is 0 Å². The Morgan fingerprint density at radius 1 is 1.35 bits per heavy atom. The summed E-state index contributed by atoms with van der Waals surface area (Å²) in [6.07, 6.45) is 7.34. The molecular formula is C17H22N2O.